The number of hydrogen-bond acceptors (Lipinski definition) is 4. The number of rotatable bonds is 5. The molecule has 0 saturated carbocycles. The van der Waals surface area contributed by atoms with E-state index >= 15 is 0 Å². The van der Waals surface area contributed by atoms with Crippen molar-refractivity contribution in [1.29, 1.82) is 0 Å². The lowest BCUT2D eigenvalue weighted by Crippen LogP contribution is -2.10. The molecule has 1 aromatic heterocycles. The molecule has 6 nitrogen and oxygen atoms in total. The fraction of sp³-hybridized carbons (Fsp3) is 0.308. The number of aromatic nitrogens is 2. The Kier molecular flexibility index (Phi) is 3.97. The van der Waals surface area contributed by atoms with Crippen LogP contribution in [0.25, 0.3) is 0 Å². The fourth-order valence-electron chi connectivity index (χ4n) is 2.08. The quantitative estimate of drug-likeness (QED) is 0.673. The molecule has 1 N–H and O–H groups in total. The van der Waals surface area contributed by atoms with Crippen molar-refractivity contribution in [3.05, 3.63) is 51.5 Å². The van der Waals surface area contributed by atoms with Gasteiger partial charge in [-0.05, 0) is 31.0 Å². The number of halogens is 1. The Bertz CT molecular complexity index is 639. The summed E-state index contributed by atoms with van der Waals surface area (Å²) in [6.45, 7) is 2.05. The Morgan fingerprint density at radius 2 is 2.25 bits per heavy atom. The van der Waals surface area contributed by atoms with E-state index in [0.29, 0.717) is 24.5 Å². The summed E-state index contributed by atoms with van der Waals surface area (Å²) in [6.07, 6.45) is 0.569. The highest BCUT2D eigenvalue weighted by Crippen LogP contribution is 2.27. The van der Waals surface area contributed by atoms with Crippen molar-refractivity contribution in [2.75, 3.05) is 11.9 Å². The maximum absolute atomic E-state index is 13.0. The van der Waals surface area contributed by atoms with Gasteiger partial charge in [-0.3, -0.25) is 10.1 Å². The highest BCUT2D eigenvalue weighted by atomic mass is 19.1. The number of anilines is 1. The second kappa shape index (κ2) is 5.68. The number of nitro groups is 1. The summed E-state index contributed by atoms with van der Waals surface area (Å²) >= 11 is 0. The molecule has 1 aromatic carbocycles. The van der Waals surface area contributed by atoms with E-state index < -0.39 is 4.92 Å². The number of aryl methyl sites for hydroxylation is 2. The highest BCUT2D eigenvalue weighted by molar-refractivity contribution is 5.59. The highest BCUT2D eigenvalue weighted by Gasteiger charge is 2.23. The second-order valence-corrected chi connectivity index (χ2v) is 4.47. The molecule has 0 spiro atoms. The van der Waals surface area contributed by atoms with Gasteiger partial charge in [0.15, 0.2) is 0 Å². The fourth-order valence-corrected chi connectivity index (χ4v) is 2.08. The van der Waals surface area contributed by atoms with Crippen molar-refractivity contribution in [3.63, 3.8) is 0 Å². The first kappa shape index (κ1) is 14.0. The third-order valence-corrected chi connectivity index (χ3v) is 2.97. The Labute approximate surface area is 115 Å². The first-order chi connectivity index (χ1) is 9.49. The zero-order chi connectivity index (χ0) is 14.7. The predicted octanol–water partition coefficient (Wildman–Crippen LogP) is 2.43. The summed E-state index contributed by atoms with van der Waals surface area (Å²) in [7, 11) is 1.64. The smallest absolute Gasteiger partial charge is 0.333 e. The summed E-state index contributed by atoms with van der Waals surface area (Å²) < 4.78 is 14.5. The number of benzene rings is 1. The van der Waals surface area contributed by atoms with E-state index in [2.05, 4.69) is 10.4 Å². The Morgan fingerprint density at radius 3 is 2.90 bits per heavy atom. The van der Waals surface area contributed by atoms with Crippen LogP contribution in [0.1, 0.15) is 11.3 Å². The molecule has 0 saturated heterocycles. The molecule has 0 aliphatic carbocycles. The Morgan fingerprint density at radius 1 is 1.50 bits per heavy atom. The average Bonchev–Trinajstić information content (AvgIpc) is 2.64. The first-order valence-electron chi connectivity index (χ1n) is 6.15. The predicted molar refractivity (Wildman–Crippen MR) is 73.2 cm³/mol. The van der Waals surface area contributed by atoms with Crippen LogP contribution in [0.4, 0.5) is 15.9 Å². The van der Waals surface area contributed by atoms with Crippen LogP contribution in [-0.4, -0.2) is 21.2 Å². The third-order valence-electron chi connectivity index (χ3n) is 2.97. The number of nitrogens with one attached hydrogen (secondary N) is 1. The molecule has 106 valence electrons. The number of nitrogens with zero attached hydrogens (tertiary/aromatic N) is 3. The van der Waals surface area contributed by atoms with Crippen molar-refractivity contribution in [3.8, 4) is 0 Å². The molecule has 7 heteroatoms. The van der Waals surface area contributed by atoms with E-state index in [4.69, 9.17) is 0 Å². The normalized spacial score (nSPS) is 10.6. The zero-order valence-corrected chi connectivity index (χ0v) is 11.3. The standard InChI is InChI=1S/C13H15FN4O2/c1-9-12(18(19)20)13(17(2)16-9)15-7-6-10-4-3-5-11(14)8-10/h3-5,8,15H,6-7H2,1-2H3. The van der Waals surface area contributed by atoms with Crippen LogP contribution in [0.2, 0.25) is 0 Å². The molecular formula is C13H15FN4O2. The van der Waals surface area contributed by atoms with Gasteiger partial charge in [-0.2, -0.15) is 5.10 Å². The van der Waals surface area contributed by atoms with Gasteiger partial charge in [0.2, 0.25) is 5.82 Å². The van der Waals surface area contributed by atoms with Gasteiger partial charge in [-0.15, -0.1) is 0 Å². The third kappa shape index (κ3) is 2.93. The summed E-state index contributed by atoms with van der Waals surface area (Å²) in [5.41, 5.74) is 1.18. The van der Waals surface area contributed by atoms with Crippen molar-refractivity contribution in [2.24, 2.45) is 7.05 Å². The van der Waals surface area contributed by atoms with E-state index in [-0.39, 0.29) is 11.5 Å². The van der Waals surface area contributed by atoms with Crippen molar-refractivity contribution < 1.29 is 9.31 Å². The Hall–Kier alpha value is -2.44. The van der Waals surface area contributed by atoms with Gasteiger partial charge < -0.3 is 5.32 Å². The van der Waals surface area contributed by atoms with Crippen LogP contribution < -0.4 is 5.32 Å². The zero-order valence-electron chi connectivity index (χ0n) is 11.3. The molecule has 1 heterocycles. The van der Waals surface area contributed by atoms with E-state index in [0.717, 1.165) is 5.56 Å². The molecular weight excluding hydrogens is 263 g/mol. The molecule has 0 amide bonds. The van der Waals surface area contributed by atoms with Gasteiger partial charge in [0.1, 0.15) is 11.5 Å². The summed E-state index contributed by atoms with van der Waals surface area (Å²) in [4.78, 5) is 10.5. The van der Waals surface area contributed by atoms with E-state index in [1.54, 1.807) is 20.0 Å². The van der Waals surface area contributed by atoms with E-state index in [9.17, 15) is 14.5 Å². The minimum absolute atomic E-state index is 0.0215. The molecule has 0 radical (unpaired) electrons. The summed E-state index contributed by atoms with van der Waals surface area (Å²) in [5.74, 6) is 0.0776. The maximum atomic E-state index is 13.0. The minimum atomic E-state index is -0.452. The van der Waals surface area contributed by atoms with Crippen LogP contribution in [-0.2, 0) is 13.5 Å². The monoisotopic (exact) mass is 278 g/mol. The molecule has 2 rings (SSSR count). The number of hydrogen-bond donors (Lipinski definition) is 1. The lowest BCUT2D eigenvalue weighted by Gasteiger charge is -2.06. The van der Waals surface area contributed by atoms with Crippen molar-refractivity contribution in [2.45, 2.75) is 13.3 Å². The maximum Gasteiger partial charge on any atom is 0.333 e. The van der Waals surface area contributed by atoms with Gasteiger partial charge >= 0.3 is 5.69 Å². The molecule has 0 fully saturated rings. The van der Waals surface area contributed by atoms with E-state index in [1.807, 2.05) is 6.07 Å². The van der Waals surface area contributed by atoms with Crippen molar-refractivity contribution in [1.82, 2.24) is 9.78 Å². The molecule has 0 atom stereocenters. The van der Waals surface area contributed by atoms with E-state index in [1.165, 1.54) is 16.8 Å². The van der Waals surface area contributed by atoms with Crippen LogP contribution in [0.15, 0.2) is 24.3 Å². The van der Waals surface area contributed by atoms with Gasteiger partial charge in [-0.1, -0.05) is 12.1 Å². The molecule has 0 aliphatic rings. The van der Waals surface area contributed by atoms with Crippen LogP contribution >= 0.6 is 0 Å². The minimum Gasteiger partial charge on any atom is -0.364 e. The van der Waals surface area contributed by atoms with Crippen LogP contribution in [0, 0.1) is 22.9 Å². The summed E-state index contributed by atoms with van der Waals surface area (Å²) in [5, 5.41) is 18.0. The van der Waals surface area contributed by atoms with Crippen LogP contribution in [0.5, 0.6) is 0 Å². The van der Waals surface area contributed by atoms with Gasteiger partial charge in [-0.25, -0.2) is 9.07 Å². The van der Waals surface area contributed by atoms with Crippen molar-refractivity contribution >= 4 is 11.5 Å². The molecule has 0 unspecified atom stereocenters. The molecule has 20 heavy (non-hydrogen) atoms. The van der Waals surface area contributed by atoms with Gasteiger partial charge in [0, 0.05) is 13.6 Å². The van der Waals surface area contributed by atoms with Gasteiger partial charge in [0.05, 0.1) is 4.92 Å². The SMILES string of the molecule is Cc1nn(C)c(NCCc2cccc(F)c2)c1[N+](=O)[O-]. The first-order valence-corrected chi connectivity index (χ1v) is 6.15. The van der Waals surface area contributed by atoms with Gasteiger partial charge in [0.25, 0.3) is 0 Å². The molecule has 2 aromatic rings. The lowest BCUT2D eigenvalue weighted by atomic mass is 10.1. The topological polar surface area (TPSA) is 73.0 Å². The largest absolute Gasteiger partial charge is 0.364 e. The van der Waals surface area contributed by atoms with Crippen LogP contribution in [0.3, 0.4) is 0 Å². The summed E-state index contributed by atoms with van der Waals surface area (Å²) in [6, 6.07) is 6.28. The second-order valence-electron chi connectivity index (χ2n) is 4.47. The average molecular weight is 278 g/mol. The Balaban J connectivity index is 2.06. The lowest BCUT2D eigenvalue weighted by molar-refractivity contribution is -0.384. The molecule has 0 bridgehead atoms. The molecule has 0 aliphatic heterocycles.